The summed E-state index contributed by atoms with van der Waals surface area (Å²) in [6, 6.07) is 11.8. The number of aryl methyl sites for hydroxylation is 1. The van der Waals surface area contributed by atoms with E-state index in [9.17, 15) is 0 Å². The Bertz CT molecular complexity index is 659. The molecule has 3 rings (SSSR count). The van der Waals surface area contributed by atoms with Gasteiger partial charge in [-0.25, -0.2) is 0 Å². The van der Waals surface area contributed by atoms with Crippen LogP contribution in [0.4, 0.5) is 0 Å². The molecule has 20 heavy (non-hydrogen) atoms. The summed E-state index contributed by atoms with van der Waals surface area (Å²) in [7, 11) is 0. The van der Waals surface area contributed by atoms with E-state index in [1.165, 1.54) is 0 Å². The van der Waals surface area contributed by atoms with Crippen LogP contribution in [0.5, 0.6) is 5.75 Å². The molecule has 0 fully saturated rings. The molecule has 2 aromatic carbocycles. The zero-order valence-corrected chi connectivity index (χ0v) is 13.4. The van der Waals surface area contributed by atoms with Crippen molar-refractivity contribution in [2.75, 3.05) is 0 Å². The van der Waals surface area contributed by atoms with Crippen LogP contribution in [0.25, 0.3) is 0 Å². The fourth-order valence-electron chi connectivity index (χ4n) is 2.67. The van der Waals surface area contributed by atoms with E-state index in [1.54, 1.807) is 0 Å². The quantitative estimate of drug-likeness (QED) is 0.789. The number of ether oxygens (including phenoxy) is 1. The SMILES string of the molecule is Cc1cc(Cl)ccc1C1C[C@H](N)c2cc(Br)ccc2O1. The molecule has 2 aromatic rings. The van der Waals surface area contributed by atoms with Gasteiger partial charge in [-0.15, -0.1) is 0 Å². The first-order valence-corrected chi connectivity index (χ1v) is 7.69. The molecule has 0 spiro atoms. The third kappa shape index (κ3) is 2.58. The lowest BCUT2D eigenvalue weighted by Gasteiger charge is -2.31. The second-order valence-corrected chi connectivity index (χ2v) is 6.48. The van der Waals surface area contributed by atoms with Crippen molar-refractivity contribution in [3.63, 3.8) is 0 Å². The van der Waals surface area contributed by atoms with Gasteiger partial charge in [-0.3, -0.25) is 0 Å². The van der Waals surface area contributed by atoms with E-state index >= 15 is 0 Å². The van der Waals surface area contributed by atoms with Gasteiger partial charge in [0.25, 0.3) is 0 Å². The number of fused-ring (bicyclic) bond motifs is 1. The predicted octanol–water partition coefficient (Wildman–Crippen LogP) is 4.93. The van der Waals surface area contributed by atoms with Gasteiger partial charge in [0.15, 0.2) is 0 Å². The summed E-state index contributed by atoms with van der Waals surface area (Å²) in [5, 5.41) is 0.746. The number of benzene rings is 2. The van der Waals surface area contributed by atoms with Crippen LogP contribution < -0.4 is 10.5 Å². The van der Waals surface area contributed by atoms with Gasteiger partial charge in [0.2, 0.25) is 0 Å². The van der Waals surface area contributed by atoms with E-state index in [0.29, 0.717) is 0 Å². The number of hydrogen-bond donors (Lipinski definition) is 1. The first kappa shape index (κ1) is 13.9. The molecule has 4 heteroatoms. The van der Waals surface area contributed by atoms with Crippen molar-refractivity contribution in [2.45, 2.75) is 25.5 Å². The molecule has 2 atom stereocenters. The highest BCUT2D eigenvalue weighted by Crippen LogP contribution is 2.41. The van der Waals surface area contributed by atoms with Gasteiger partial charge in [0.05, 0.1) is 0 Å². The minimum Gasteiger partial charge on any atom is -0.485 e. The fourth-order valence-corrected chi connectivity index (χ4v) is 3.27. The Kier molecular flexibility index (Phi) is 3.76. The largest absolute Gasteiger partial charge is 0.485 e. The fraction of sp³-hybridized carbons (Fsp3) is 0.250. The van der Waals surface area contributed by atoms with Crippen LogP contribution in [0.1, 0.15) is 35.3 Å². The minimum absolute atomic E-state index is 0.0173. The van der Waals surface area contributed by atoms with Crippen molar-refractivity contribution < 1.29 is 4.74 Å². The summed E-state index contributed by atoms with van der Waals surface area (Å²) in [6.07, 6.45) is 0.752. The highest BCUT2D eigenvalue weighted by Gasteiger charge is 2.28. The topological polar surface area (TPSA) is 35.2 Å². The van der Waals surface area contributed by atoms with Crippen molar-refractivity contribution in [1.29, 1.82) is 0 Å². The Morgan fingerprint density at radius 2 is 2.00 bits per heavy atom. The van der Waals surface area contributed by atoms with Crippen LogP contribution in [0, 0.1) is 6.92 Å². The third-order valence-corrected chi connectivity index (χ3v) is 4.42. The number of halogens is 2. The van der Waals surface area contributed by atoms with E-state index in [0.717, 1.165) is 38.4 Å². The summed E-state index contributed by atoms with van der Waals surface area (Å²) in [6.45, 7) is 2.05. The van der Waals surface area contributed by atoms with Gasteiger partial charge in [-0.05, 0) is 48.4 Å². The second-order valence-electron chi connectivity index (χ2n) is 5.13. The molecular weight excluding hydrogens is 338 g/mol. The van der Waals surface area contributed by atoms with Crippen LogP contribution in [-0.2, 0) is 0 Å². The molecule has 0 radical (unpaired) electrons. The van der Waals surface area contributed by atoms with E-state index in [4.69, 9.17) is 22.1 Å². The van der Waals surface area contributed by atoms with Crippen LogP contribution in [-0.4, -0.2) is 0 Å². The summed E-state index contributed by atoms with van der Waals surface area (Å²) >= 11 is 9.48. The lowest BCUT2D eigenvalue weighted by atomic mass is 9.92. The Morgan fingerprint density at radius 3 is 2.75 bits per heavy atom. The first-order valence-electron chi connectivity index (χ1n) is 6.52. The van der Waals surface area contributed by atoms with E-state index in [2.05, 4.69) is 15.9 Å². The van der Waals surface area contributed by atoms with Crippen molar-refractivity contribution in [1.82, 2.24) is 0 Å². The van der Waals surface area contributed by atoms with Crippen LogP contribution in [0.3, 0.4) is 0 Å². The van der Waals surface area contributed by atoms with Crippen LogP contribution in [0.15, 0.2) is 40.9 Å². The van der Waals surface area contributed by atoms with Gasteiger partial charge in [-0.2, -0.15) is 0 Å². The van der Waals surface area contributed by atoms with E-state index < -0.39 is 0 Å². The molecule has 2 N–H and O–H groups in total. The Labute approximate surface area is 132 Å². The van der Waals surface area contributed by atoms with Gasteiger partial charge in [-0.1, -0.05) is 33.6 Å². The molecule has 1 aliphatic rings. The molecule has 0 amide bonds. The standard InChI is InChI=1S/C16H15BrClNO/c1-9-6-11(18)3-4-12(9)16-8-14(19)13-7-10(17)2-5-15(13)20-16/h2-7,14,16H,8,19H2,1H3/t14-,16?/m0/s1. The monoisotopic (exact) mass is 351 g/mol. The molecule has 0 aliphatic carbocycles. The zero-order valence-electron chi connectivity index (χ0n) is 11.1. The summed E-state index contributed by atoms with van der Waals surface area (Å²) in [5.74, 6) is 0.867. The predicted molar refractivity (Wildman–Crippen MR) is 85.2 cm³/mol. The molecule has 0 saturated carbocycles. The number of nitrogens with two attached hydrogens (primary N) is 1. The maximum Gasteiger partial charge on any atom is 0.126 e. The number of hydrogen-bond acceptors (Lipinski definition) is 2. The highest BCUT2D eigenvalue weighted by atomic mass is 79.9. The average molecular weight is 353 g/mol. The zero-order chi connectivity index (χ0) is 14.3. The molecule has 1 heterocycles. The van der Waals surface area contributed by atoms with E-state index in [1.807, 2.05) is 43.3 Å². The van der Waals surface area contributed by atoms with Gasteiger partial charge >= 0.3 is 0 Å². The van der Waals surface area contributed by atoms with Crippen molar-refractivity contribution in [3.05, 3.63) is 62.6 Å². The highest BCUT2D eigenvalue weighted by molar-refractivity contribution is 9.10. The maximum atomic E-state index is 6.30. The number of rotatable bonds is 1. The molecule has 0 aromatic heterocycles. The lowest BCUT2D eigenvalue weighted by molar-refractivity contribution is 0.161. The molecular formula is C16H15BrClNO. The summed E-state index contributed by atoms with van der Waals surface area (Å²) in [4.78, 5) is 0. The van der Waals surface area contributed by atoms with Crippen molar-refractivity contribution in [2.24, 2.45) is 5.73 Å². The minimum atomic E-state index is -0.0176. The molecule has 2 nitrogen and oxygen atoms in total. The molecule has 104 valence electrons. The Hall–Kier alpha value is -1.03. The van der Waals surface area contributed by atoms with Crippen molar-refractivity contribution >= 4 is 27.5 Å². The van der Waals surface area contributed by atoms with Gasteiger partial charge in [0, 0.05) is 27.5 Å². The Balaban J connectivity index is 1.97. The average Bonchev–Trinajstić information content (AvgIpc) is 2.39. The molecule has 1 unspecified atom stereocenters. The van der Waals surface area contributed by atoms with Crippen LogP contribution in [0.2, 0.25) is 5.02 Å². The van der Waals surface area contributed by atoms with Crippen LogP contribution >= 0.6 is 27.5 Å². The summed E-state index contributed by atoms with van der Waals surface area (Å²) < 4.78 is 7.14. The molecule has 0 saturated heterocycles. The molecule has 1 aliphatic heterocycles. The normalized spacial score (nSPS) is 21.2. The van der Waals surface area contributed by atoms with Crippen molar-refractivity contribution in [3.8, 4) is 5.75 Å². The summed E-state index contributed by atoms with van der Waals surface area (Å²) in [5.41, 5.74) is 9.64. The smallest absolute Gasteiger partial charge is 0.126 e. The second kappa shape index (κ2) is 5.40. The van der Waals surface area contributed by atoms with E-state index in [-0.39, 0.29) is 12.1 Å². The first-order chi connectivity index (χ1) is 9.54. The Morgan fingerprint density at radius 1 is 1.20 bits per heavy atom. The molecule has 0 bridgehead atoms. The lowest BCUT2D eigenvalue weighted by Crippen LogP contribution is -2.24. The van der Waals surface area contributed by atoms with Gasteiger partial charge in [0.1, 0.15) is 11.9 Å². The van der Waals surface area contributed by atoms with Gasteiger partial charge < -0.3 is 10.5 Å². The maximum absolute atomic E-state index is 6.30. The third-order valence-electron chi connectivity index (χ3n) is 3.69.